The molecule has 0 radical (unpaired) electrons. The molecule has 0 fully saturated rings. The summed E-state index contributed by atoms with van der Waals surface area (Å²) in [7, 11) is 0. The molecule has 0 atom stereocenters. The van der Waals surface area contributed by atoms with Gasteiger partial charge in [0, 0.05) is 5.69 Å². The van der Waals surface area contributed by atoms with Crippen LogP contribution in [0.3, 0.4) is 0 Å². The SMILES string of the molecule is CCOC(=O)Nc1ccc(C)nc1C. The lowest BCUT2D eigenvalue weighted by Crippen LogP contribution is -2.14. The lowest BCUT2D eigenvalue weighted by atomic mass is 10.3. The van der Waals surface area contributed by atoms with Gasteiger partial charge in [0.2, 0.25) is 0 Å². The fourth-order valence-corrected chi connectivity index (χ4v) is 1.10. The van der Waals surface area contributed by atoms with E-state index in [0.29, 0.717) is 12.3 Å². The van der Waals surface area contributed by atoms with E-state index < -0.39 is 6.09 Å². The Labute approximate surface area is 83.3 Å². The number of ether oxygens (including phenoxy) is 1. The molecular formula is C10H14N2O2. The molecule has 0 saturated carbocycles. The number of aryl methyl sites for hydroxylation is 2. The molecule has 4 nitrogen and oxygen atoms in total. The standard InChI is InChI=1S/C10H14N2O2/c1-4-14-10(13)12-9-6-5-7(2)11-8(9)3/h5-6H,4H2,1-3H3,(H,12,13). The van der Waals surface area contributed by atoms with Gasteiger partial charge in [-0.15, -0.1) is 0 Å². The van der Waals surface area contributed by atoms with E-state index in [2.05, 4.69) is 10.3 Å². The molecule has 14 heavy (non-hydrogen) atoms. The Morgan fingerprint density at radius 3 is 2.79 bits per heavy atom. The van der Waals surface area contributed by atoms with Gasteiger partial charge >= 0.3 is 6.09 Å². The van der Waals surface area contributed by atoms with Crippen molar-refractivity contribution >= 4 is 11.8 Å². The first-order valence-electron chi connectivity index (χ1n) is 4.51. The van der Waals surface area contributed by atoms with Crippen molar-refractivity contribution in [3.63, 3.8) is 0 Å². The van der Waals surface area contributed by atoms with E-state index in [4.69, 9.17) is 4.74 Å². The summed E-state index contributed by atoms with van der Waals surface area (Å²) in [6, 6.07) is 3.66. The number of nitrogens with zero attached hydrogens (tertiary/aromatic N) is 1. The second-order valence-corrected chi connectivity index (χ2v) is 2.93. The average Bonchev–Trinajstić information content (AvgIpc) is 2.10. The lowest BCUT2D eigenvalue weighted by molar-refractivity contribution is 0.168. The normalized spacial score (nSPS) is 9.64. The van der Waals surface area contributed by atoms with Crippen molar-refractivity contribution in [3.05, 3.63) is 23.5 Å². The number of rotatable bonds is 2. The van der Waals surface area contributed by atoms with Crippen LogP contribution in [0.1, 0.15) is 18.3 Å². The first-order valence-corrected chi connectivity index (χ1v) is 4.51. The number of hydrogen-bond acceptors (Lipinski definition) is 3. The molecule has 0 spiro atoms. The molecule has 0 bridgehead atoms. The van der Waals surface area contributed by atoms with Gasteiger partial charge in [-0.3, -0.25) is 10.3 Å². The third-order valence-electron chi connectivity index (χ3n) is 1.74. The minimum absolute atomic E-state index is 0.365. The Hall–Kier alpha value is -1.58. The van der Waals surface area contributed by atoms with Gasteiger partial charge in [-0.25, -0.2) is 4.79 Å². The zero-order chi connectivity index (χ0) is 10.6. The number of carbonyl (C=O) groups is 1. The van der Waals surface area contributed by atoms with E-state index in [1.54, 1.807) is 6.92 Å². The molecule has 1 amide bonds. The molecule has 1 rings (SSSR count). The number of pyridine rings is 1. The van der Waals surface area contributed by atoms with Crippen molar-refractivity contribution < 1.29 is 9.53 Å². The van der Waals surface area contributed by atoms with Crippen molar-refractivity contribution in [2.75, 3.05) is 11.9 Å². The number of hydrogen-bond donors (Lipinski definition) is 1. The summed E-state index contributed by atoms with van der Waals surface area (Å²) in [5.41, 5.74) is 2.41. The van der Waals surface area contributed by atoms with E-state index in [-0.39, 0.29) is 0 Å². The molecule has 1 N–H and O–H groups in total. The van der Waals surface area contributed by atoms with Crippen LogP contribution in [-0.4, -0.2) is 17.7 Å². The van der Waals surface area contributed by atoms with Crippen LogP contribution in [0.4, 0.5) is 10.5 Å². The quantitative estimate of drug-likeness (QED) is 0.785. The molecule has 0 unspecified atom stereocenters. The van der Waals surface area contributed by atoms with Gasteiger partial charge in [0.1, 0.15) is 0 Å². The molecule has 0 saturated heterocycles. The zero-order valence-electron chi connectivity index (χ0n) is 8.63. The minimum atomic E-state index is -0.443. The highest BCUT2D eigenvalue weighted by Crippen LogP contribution is 2.12. The van der Waals surface area contributed by atoms with Gasteiger partial charge in [-0.1, -0.05) is 0 Å². The summed E-state index contributed by atoms with van der Waals surface area (Å²) in [5.74, 6) is 0. The van der Waals surface area contributed by atoms with Gasteiger partial charge in [-0.2, -0.15) is 0 Å². The highest BCUT2D eigenvalue weighted by atomic mass is 16.5. The predicted molar refractivity (Wildman–Crippen MR) is 54.4 cm³/mol. The van der Waals surface area contributed by atoms with Gasteiger partial charge in [0.25, 0.3) is 0 Å². The highest BCUT2D eigenvalue weighted by Gasteiger charge is 2.04. The van der Waals surface area contributed by atoms with Crippen LogP contribution in [0.2, 0.25) is 0 Å². The molecule has 0 aliphatic carbocycles. The van der Waals surface area contributed by atoms with Crippen LogP contribution in [0.15, 0.2) is 12.1 Å². The Morgan fingerprint density at radius 1 is 1.50 bits per heavy atom. The highest BCUT2D eigenvalue weighted by molar-refractivity contribution is 5.85. The number of amides is 1. The maximum atomic E-state index is 11.1. The van der Waals surface area contributed by atoms with Crippen molar-refractivity contribution in [2.24, 2.45) is 0 Å². The van der Waals surface area contributed by atoms with Crippen LogP contribution in [0.5, 0.6) is 0 Å². The van der Waals surface area contributed by atoms with E-state index in [9.17, 15) is 4.79 Å². The molecule has 0 aliphatic rings. The number of aromatic nitrogens is 1. The Bertz CT molecular complexity index is 337. The molecule has 76 valence electrons. The van der Waals surface area contributed by atoms with Gasteiger partial charge in [-0.05, 0) is 32.9 Å². The van der Waals surface area contributed by atoms with Crippen molar-refractivity contribution in [2.45, 2.75) is 20.8 Å². The molecule has 0 aromatic carbocycles. The molecule has 0 aliphatic heterocycles. The maximum absolute atomic E-state index is 11.1. The average molecular weight is 194 g/mol. The summed E-state index contributed by atoms with van der Waals surface area (Å²) in [4.78, 5) is 15.3. The summed E-state index contributed by atoms with van der Waals surface area (Å²) in [6.07, 6.45) is -0.443. The van der Waals surface area contributed by atoms with Crippen LogP contribution in [0.25, 0.3) is 0 Å². The van der Waals surface area contributed by atoms with E-state index in [1.165, 1.54) is 0 Å². The maximum Gasteiger partial charge on any atom is 0.411 e. The first-order chi connectivity index (χ1) is 6.63. The molecule has 1 aromatic heterocycles. The van der Waals surface area contributed by atoms with E-state index >= 15 is 0 Å². The molecule has 1 heterocycles. The van der Waals surface area contributed by atoms with Gasteiger partial charge < -0.3 is 4.74 Å². The Balaban J connectivity index is 2.72. The summed E-state index contributed by atoms with van der Waals surface area (Å²) in [5, 5.41) is 2.61. The summed E-state index contributed by atoms with van der Waals surface area (Å²) >= 11 is 0. The second-order valence-electron chi connectivity index (χ2n) is 2.93. The second kappa shape index (κ2) is 4.60. The smallest absolute Gasteiger partial charge is 0.411 e. The summed E-state index contributed by atoms with van der Waals surface area (Å²) < 4.78 is 4.75. The minimum Gasteiger partial charge on any atom is -0.450 e. The third-order valence-corrected chi connectivity index (χ3v) is 1.74. The fraction of sp³-hybridized carbons (Fsp3) is 0.400. The van der Waals surface area contributed by atoms with Crippen molar-refractivity contribution in [1.29, 1.82) is 0 Å². The van der Waals surface area contributed by atoms with E-state index in [1.807, 2.05) is 26.0 Å². The zero-order valence-corrected chi connectivity index (χ0v) is 8.63. The van der Waals surface area contributed by atoms with E-state index in [0.717, 1.165) is 11.4 Å². The van der Waals surface area contributed by atoms with Crippen molar-refractivity contribution in [1.82, 2.24) is 4.98 Å². The third kappa shape index (κ3) is 2.73. The molecular weight excluding hydrogens is 180 g/mol. The first kappa shape index (κ1) is 10.5. The monoisotopic (exact) mass is 194 g/mol. The van der Waals surface area contributed by atoms with Gasteiger partial charge in [0.15, 0.2) is 0 Å². The largest absolute Gasteiger partial charge is 0.450 e. The van der Waals surface area contributed by atoms with Crippen LogP contribution in [0, 0.1) is 13.8 Å². The Morgan fingerprint density at radius 2 is 2.21 bits per heavy atom. The number of nitrogens with one attached hydrogen (secondary N) is 1. The van der Waals surface area contributed by atoms with Crippen LogP contribution < -0.4 is 5.32 Å². The number of anilines is 1. The molecule has 1 aromatic rings. The van der Waals surface area contributed by atoms with Crippen LogP contribution >= 0.6 is 0 Å². The number of carbonyl (C=O) groups excluding carboxylic acids is 1. The molecule has 4 heteroatoms. The van der Waals surface area contributed by atoms with Crippen LogP contribution in [-0.2, 0) is 4.74 Å². The topological polar surface area (TPSA) is 51.2 Å². The fourth-order valence-electron chi connectivity index (χ4n) is 1.10. The van der Waals surface area contributed by atoms with Gasteiger partial charge in [0.05, 0.1) is 18.0 Å². The van der Waals surface area contributed by atoms with Crippen molar-refractivity contribution in [3.8, 4) is 0 Å². The Kier molecular flexibility index (Phi) is 3.45. The predicted octanol–water partition coefficient (Wildman–Crippen LogP) is 2.27. The lowest BCUT2D eigenvalue weighted by Gasteiger charge is -2.07. The summed E-state index contributed by atoms with van der Waals surface area (Å²) in [6.45, 7) is 5.87.